The summed E-state index contributed by atoms with van der Waals surface area (Å²) in [6.07, 6.45) is 7.48. The summed E-state index contributed by atoms with van der Waals surface area (Å²) in [4.78, 5) is 42.4. The minimum atomic E-state index is -0.564. The minimum absolute atomic E-state index is 0.0479. The second-order valence-electron chi connectivity index (χ2n) is 12.2. The lowest BCUT2D eigenvalue weighted by atomic mass is 10.1. The normalized spacial score (nSPS) is 12.8. The van der Waals surface area contributed by atoms with Gasteiger partial charge in [0.1, 0.15) is 24.2 Å². The van der Waals surface area contributed by atoms with Crippen LogP contribution in [0.5, 0.6) is 5.75 Å². The smallest absolute Gasteiger partial charge is 0.345 e. The van der Waals surface area contributed by atoms with E-state index in [2.05, 4.69) is 96.3 Å². The van der Waals surface area contributed by atoms with E-state index in [0.29, 0.717) is 37.5 Å². The first-order valence-corrected chi connectivity index (χ1v) is 18.6. The number of thioether (sulfide) groups is 1. The highest BCUT2D eigenvalue weighted by molar-refractivity contribution is 8.03. The lowest BCUT2D eigenvalue weighted by Gasteiger charge is -2.13. The van der Waals surface area contributed by atoms with Crippen molar-refractivity contribution >= 4 is 67.8 Å². The van der Waals surface area contributed by atoms with Gasteiger partial charge in [0.2, 0.25) is 11.4 Å². The number of rotatable bonds is 14. The van der Waals surface area contributed by atoms with Crippen molar-refractivity contribution in [1.82, 2.24) is 30.6 Å². The second kappa shape index (κ2) is 16.6. The number of fused-ring (bicyclic) bond motifs is 2. The number of nitrogens with zero attached hydrogens (tertiary/aromatic N) is 7. The van der Waals surface area contributed by atoms with Gasteiger partial charge in [-0.1, -0.05) is 53.4 Å². The summed E-state index contributed by atoms with van der Waals surface area (Å²) in [5.74, 6) is 0.567. The fourth-order valence-corrected chi connectivity index (χ4v) is 7.47. The van der Waals surface area contributed by atoms with E-state index < -0.39 is 11.0 Å². The van der Waals surface area contributed by atoms with Gasteiger partial charge in [-0.3, -0.25) is 24.9 Å². The zero-order valence-electron chi connectivity index (χ0n) is 29.0. The van der Waals surface area contributed by atoms with Crippen molar-refractivity contribution in [1.29, 1.82) is 0 Å². The first kappa shape index (κ1) is 36.0. The number of nitrogens with one attached hydrogen (secondary N) is 3. The highest BCUT2D eigenvalue weighted by Crippen LogP contribution is 2.45. The van der Waals surface area contributed by atoms with E-state index in [9.17, 15) is 19.7 Å². The van der Waals surface area contributed by atoms with Crippen LogP contribution in [0.4, 0.5) is 20.6 Å². The molecule has 0 saturated heterocycles. The molecule has 0 unspecified atom stereocenters. The monoisotopic (exact) mass is 763 g/mol. The van der Waals surface area contributed by atoms with Crippen molar-refractivity contribution in [3.63, 3.8) is 0 Å². The van der Waals surface area contributed by atoms with Crippen LogP contribution in [-0.4, -0.2) is 50.4 Å². The summed E-state index contributed by atoms with van der Waals surface area (Å²) in [7, 11) is 2.09. The molecule has 274 valence electrons. The minimum Gasteiger partial charge on any atom is -0.487 e. The number of anilines is 2. The zero-order valence-corrected chi connectivity index (χ0v) is 30.7. The third kappa shape index (κ3) is 8.82. The molecule has 15 nitrogen and oxygen atoms in total. The van der Waals surface area contributed by atoms with Crippen molar-refractivity contribution in [3.05, 3.63) is 129 Å². The lowest BCUT2D eigenvalue weighted by molar-refractivity contribution is -0.670. The van der Waals surface area contributed by atoms with Crippen LogP contribution >= 0.6 is 23.1 Å². The lowest BCUT2D eigenvalue weighted by Crippen LogP contribution is -2.38. The average molecular weight is 764 g/mol. The van der Waals surface area contributed by atoms with Gasteiger partial charge < -0.3 is 20.3 Å². The maximum absolute atomic E-state index is 12.8. The summed E-state index contributed by atoms with van der Waals surface area (Å²) in [6, 6.07) is 25.4. The Hall–Kier alpha value is -6.33. The number of carbonyl (C=O) groups is 2. The van der Waals surface area contributed by atoms with Crippen molar-refractivity contribution in [2.75, 3.05) is 23.8 Å². The fourth-order valence-electron chi connectivity index (χ4n) is 5.74. The van der Waals surface area contributed by atoms with E-state index in [1.54, 1.807) is 34.8 Å². The molecule has 1 aliphatic rings. The number of urea groups is 1. The average Bonchev–Trinajstić information content (AvgIpc) is 3.93. The third-order valence-electron chi connectivity index (χ3n) is 8.50. The van der Waals surface area contributed by atoms with Crippen LogP contribution in [0.2, 0.25) is 0 Å². The fraction of sp³-hybridized carbons (Fsp3) is 0.189. The van der Waals surface area contributed by atoms with Gasteiger partial charge in [-0.25, -0.2) is 9.78 Å². The summed E-state index contributed by atoms with van der Waals surface area (Å²) in [5.41, 5.74) is 4.86. The zero-order chi connectivity index (χ0) is 37.4. The molecule has 0 bridgehead atoms. The largest absolute Gasteiger partial charge is 0.487 e. The Balaban J connectivity index is 0.830. The number of thiazole rings is 1. The summed E-state index contributed by atoms with van der Waals surface area (Å²) in [5, 5.41) is 29.5. The highest BCUT2D eigenvalue weighted by atomic mass is 32.2. The quantitative estimate of drug-likeness (QED) is 0.0707. The molecule has 17 heteroatoms. The predicted molar refractivity (Wildman–Crippen MR) is 206 cm³/mol. The maximum atomic E-state index is 12.8. The number of para-hydroxylation sites is 2. The number of aryl methyl sites for hydroxylation is 1. The third-order valence-corrected chi connectivity index (χ3v) is 10.5. The van der Waals surface area contributed by atoms with E-state index >= 15 is 0 Å². The molecule has 3 aromatic carbocycles. The van der Waals surface area contributed by atoms with Crippen LogP contribution in [0.15, 0.2) is 107 Å². The molecule has 0 aliphatic carbocycles. The first-order valence-electron chi connectivity index (χ1n) is 16.9. The number of ether oxygens (including phenoxy) is 1. The van der Waals surface area contributed by atoms with Gasteiger partial charge in [0.15, 0.2) is 17.9 Å². The number of benzene rings is 3. The Bertz CT molecular complexity index is 2340. The Morgan fingerprint density at radius 1 is 1.04 bits per heavy atom. The summed E-state index contributed by atoms with van der Waals surface area (Å²) < 4.78 is 9.62. The van der Waals surface area contributed by atoms with Gasteiger partial charge in [0.25, 0.3) is 0 Å². The van der Waals surface area contributed by atoms with Crippen molar-refractivity contribution in [3.8, 4) is 5.75 Å². The summed E-state index contributed by atoms with van der Waals surface area (Å²) >= 11 is 2.54. The number of hydrogen-bond acceptors (Lipinski definition) is 11. The molecule has 0 saturated carbocycles. The molecule has 54 heavy (non-hydrogen) atoms. The van der Waals surface area contributed by atoms with Crippen LogP contribution in [0.1, 0.15) is 23.2 Å². The molecule has 7 rings (SSSR count). The molecular weight excluding hydrogens is 729 g/mol. The van der Waals surface area contributed by atoms with Crippen molar-refractivity contribution < 1.29 is 23.8 Å². The van der Waals surface area contributed by atoms with Crippen LogP contribution in [-0.2, 0) is 31.0 Å². The van der Waals surface area contributed by atoms with Gasteiger partial charge in [0, 0.05) is 37.2 Å². The van der Waals surface area contributed by atoms with E-state index in [1.165, 1.54) is 15.6 Å². The predicted octanol–water partition coefficient (Wildman–Crippen LogP) is 5.73. The Labute approximate surface area is 317 Å². The van der Waals surface area contributed by atoms with Crippen molar-refractivity contribution in [2.45, 2.75) is 37.6 Å². The number of nitro groups is 1. The first-order chi connectivity index (χ1) is 26.3. The van der Waals surface area contributed by atoms with E-state index in [0.717, 1.165) is 39.6 Å². The number of amides is 3. The van der Waals surface area contributed by atoms with Gasteiger partial charge in [-0.05, 0) is 58.9 Å². The van der Waals surface area contributed by atoms with Crippen molar-refractivity contribution in [2.24, 2.45) is 0 Å². The molecule has 0 radical (unpaired) electrons. The molecule has 4 heterocycles. The van der Waals surface area contributed by atoms with Crippen LogP contribution in [0, 0.1) is 10.1 Å². The van der Waals surface area contributed by atoms with Gasteiger partial charge in [0.05, 0.1) is 40.2 Å². The van der Waals surface area contributed by atoms with E-state index in [-0.39, 0.29) is 29.2 Å². The van der Waals surface area contributed by atoms with Gasteiger partial charge >= 0.3 is 11.0 Å². The van der Waals surface area contributed by atoms with Crippen LogP contribution in [0.3, 0.4) is 0 Å². The topological polar surface area (TPSA) is 173 Å². The standard InChI is InChI=1S/C37H34N10O5S2/c1-44-31-8-4-5-9-32(31)53-34(44)20-26-14-17-45(30-7-3-2-6-29(26)30)18-15-33(48)38-16-19-46-23-27(42-43-46)24-52-28-12-10-25(11-13-28)21-39-36(49)41-37-40-22-35(54-37)47(50)51/h2-14,17,20,22-23H,15-16,18-19,21,24H2,1H3,(H2-,38,39,40,41,48,49)/p+1. The molecule has 3 amide bonds. The molecule has 3 aromatic heterocycles. The SMILES string of the molecule is CN1/C(=C/c2cc[n+](CCC(=O)NCCn3cc(COc4ccc(CNC(=O)Nc5ncc([N+](=O)[O-])s5)cc4)nn3)c3ccccc23)Sc2ccccc21. The molecule has 0 spiro atoms. The maximum Gasteiger partial charge on any atom is 0.345 e. The summed E-state index contributed by atoms with van der Waals surface area (Å²) in [6.45, 7) is 1.85. The Kier molecular flexibility index (Phi) is 11.1. The molecule has 1 aliphatic heterocycles. The Morgan fingerprint density at radius 3 is 2.67 bits per heavy atom. The van der Waals surface area contributed by atoms with Crippen LogP contribution < -0.4 is 30.2 Å². The Morgan fingerprint density at radius 2 is 1.85 bits per heavy atom. The number of hydrogen-bond donors (Lipinski definition) is 3. The van der Waals surface area contributed by atoms with Gasteiger partial charge in [-0.15, -0.1) is 5.10 Å². The second-order valence-corrected chi connectivity index (χ2v) is 14.2. The number of carbonyl (C=O) groups excluding carboxylic acids is 2. The van der Waals surface area contributed by atoms with Gasteiger partial charge in [-0.2, -0.15) is 4.57 Å². The van der Waals surface area contributed by atoms with E-state index in [4.69, 9.17) is 4.74 Å². The number of aromatic nitrogens is 5. The molecule has 3 N–H and O–H groups in total. The molecule has 0 fully saturated rings. The molecule has 0 atom stereocenters. The molecular formula is C37H35N10O5S2+. The van der Waals surface area contributed by atoms with Crippen LogP contribution in [0.25, 0.3) is 17.0 Å². The van der Waals surface area contributed by atoms with E-state index in [1.807, 2.05) is 30.5 Å². The molecule has 6 aromatic rings. The number of pyridine rings is 1. The highest BCUT2D eigenvalue weighted by Gasteiger charge is 2.22.